The van der Waals surface area contributed by atoms with Gasteiger partial charge in [0, 0.05) is 6.42 Å². The number of aryl methyl sites for hydroxylation is 1. The maximum atomic E-state index is 6.43. The highest BCUT2D eigenvalue weighted by atomic mass is 16.5. The molecule has 1 aromatic rings. The first kappa shape index (κ1) is 12.6. The van der Waals surface area contributed by atoms with Crippen molar-refractivity contribution in [3.05, 3.63) is 11.7 Å². The fourth-order valence-electron chi connectivity index (χ4n) is 2.47. The molecule has 1 fully saturated rings. The predicted molar refractivity (Wildman–Crippen MR) is 66.5 cm³/mol. The molecule has 0 amide bonds. The second-order valence-electron chi connectivity index (χ2n) is 5.19. The van der Waals surface area contributed by atoms with Gasteiger partial charge < -0.3 is 10.3 Å². The fourth-order valence-corrected chi connectivity index (χ4v) is 2.47. The van der Waals surface area contributed by atoms with Crippen molar-refractivity contribution < 1.29 is 4.52 Å². The van der Waals surface area contributed by atoms with Crippen LogP contribution in [-0.2, 0) is 12.0 Å². The molecule has 0 saturated heterocycles. The monoisotopic (exact) mass is 237 g/mol. The smallest absolute Gasteiger partial charge is 0.246 e. The molecule has 96 valence electrons. The quantitative estimate of drug-likeness (QED) is 0.818. The summed E-state index contributed by atoms with van der Waals surface area (Å²) < 4.78 is 5.37. The van der Waals surface area contributed by atoms with Crippen LogP contribution >= 0.6 is 0 Å². The zero-order chi connectivity index (χ0) is 12.1. The van der Waals surface area contributed by atoms with Crippen molar-refractivity contribution in [2.45, 2.75) is 70.3 Å². The zero-order valence-electron chi connectivity index (χ0n) is 10.7. The lowest BCUT2D eigenvalue weighted by Gasteiger charge is -2.22. The van der Waals surface area contributed by atoms with E-state index in [1.807, 2.05) is 0 Å². The van der Waals surface area contributed by atoms with E-state index in [9.17, 15) is 0 Å². The first-order valence-electron chi connectivity index (χ1n) is 6.86. The maximum Gasteiger partial charge on any atom is 0.246 e. The number of rotatable bonds is 4. The molecule has 0 radical (unpaired) electrons. The Kier molecular flexibility index (Phi) is 4.15. The number of nitrogens with two attached hydrogens (primary N) is 1. The second kappa shape index (κ2) is 5.63. The summed E-state index contributed by atoms with van der Waals surface area (Å²) in [7, 11) is 0. The van der Waals surface area contributed by atoms with Gasteiger partial charge in [-0.25, -0.2) is 0 Å². The van der Waals surface area contributed by atoms with Gasteiger partial charge in [-0.2, -0.15) is 4.98 Å². The third-order valence-corrected chi connectivity index (χ3v) is 3.64. The van der Waals surface area contributed by atoms with Crippen LogP contribution in [0.15, 0.2) is 4.52 Å². The van der Waals surface area contributed by atoms with Gasteiger partial charge in [0.1, 0.15) is 0 Å². The van der Waals surface area contributed by atoms with Crippen LogP contribution in [0.25, 0.3) is 0 Å². The summed E-state index contributed by atoms with van der Waals surface area (Å²) in [5.74, 6) is 1.47. The Hall–Kier alpha value is -0.900. The highest BCUT2D eigenvalue weighted by molar-refractivity contribution is 5.03. The first-order chi connectivity index (χ1) is 8.24. The molecule has 1 aliphatic carbocycles. The molecule has 1 heterocycles. The van der Waals surface area contributed by atoms with Gasteiger partial charge in [-0.05, 0) is 19.3 Å². The number of hydrogen-bond acceptors (Lipinski definition) is 4. The number of hydrogen-bond donors (Lipinski definition) is 1. The van der Waals surface area contributed by atoms with E-state index in [-0.39, 0.29) is 5.54 Å². The lowest BCUT2D eigenvalue weighted by atomic mass is 9.91. The van der Waals surface area contributed by atoms with E-state index < -0.39 is 0 Å². The minimum atomic E-state index is -0.367. The van der Waals surface area contributed by atoms with Gasteiger partial charge in [0.25, 0.3) is 0 Å². The lowest BCUT2D eigenvalue weighted by molar-refractivity contribution is 0.256. The highest BCUT2D eigenvalue weighted by Crippen LogP contribution is 2.32. The summed E-state index contributed by atoms with van der Waals surface area (Å²) in [6.07, 6.45) is 9.99. The molecule has 0 spiro atoms. The van der Waals surface area contributed by atoms with Gasteiger partial charge in [-0.15, -0.1) is 0 Å². The molecule has 2 rings (SSSR count). The van der Waals surface area contributed by atoms with Crippen LogP contribution in [0.4, 0.5) is 0 Å². The third-order valence-electron chi connectivity index (χ3n) is 3.64. The molecule has 17 heavy (non-hydrogen) atoms. The summed E-state index contributed by atoms with van der Waals surface area (Å²) in [5.41, 5.74) is 6.06. The van der Waals surface area contributed by atoms with E-state index in [4.69, 9.17) is 10.3 Å². The first-order valence-corrected chi connectivity index (χ1v) is 6.86. The average molecular weight is 237 g/mol. The molecule has 2 N–H and O–H groups in total. The van der Waals surface area contributed by atoms with E-state index in [0.717, 1.165) is 37.9 Å². The van der Waals surface area contributed by atoms with Crippen LogP contribution in [0, 0.1) is 0 Å². The molecule has 0 atom stereocenters. The zero-order valence-corrected chi connectivity index (χ0v) is 10.7. The second-order valence-corrected chi connectivity index (χ2v) is 5.19. The minimum Gasteiger partial charge on any atom is -0.337 e. The van der Waals surface area contributed by atoms with E-state index in [1.165, 1.54) is 25.7 Å². The predicted octanol–water partition coefficient (Wildman–Crippen LogP) is 2.92. The topological polar surface area (TPSA) is 64.9 Å². The van der Waals surface area contributed by atoms with Gasteiger partial charge in [0.15, 0.2) is 5.82 Å². The van der Waals surface area contributed by atoms with Gasteiger partial charge in [-0.3, -0.25) is 0 Å². The van der Waals surface area contributed by atoms with Crippen molar-refractivity contribution in [1.29, 1.82) is 0 Å². The highest BCUT2D eigenvalue weighted by Gasteiger charge is 2.33. The van der Waals surface area contributed by atoms with Crippen LogP contribution in [0.3, 0.4) is 0 Å². The molecule has 4 heteroatoms. The SMILES string of the molecule is CCCCc1noc(C2(N)CCCCCC2)n1. The Bertz CT molecular complexity index is 340. The number of unbranched alkanes of at least 4 members (excludes halogenated alkanes) is 1. The summed E-state index contributed by atoms with van der Waals surface area (Å²) in [6, 6.07) is 0. The normalized spacial score (nSPS) is 20.1. The molecule has 4 nitrogen and oxygen atoms in total. The summed E-state index contributed by atoms with van der Waals surface area (Å²) in [5, 5.41) is 4.04. The lowest BCUT2D eigenvalue weighted by Crippen LogP contribution is -2.36. The maximum absolute atomic E-state index is 6.43. The molecule has 0 unspecified atom stereocenters. The van der Waals surface area contributed by atoms with Gasteiger partial charge in [0.05, 0.1) is 5.54 Å². The van der Waals surface area contributed by atoms with E-state index in [0.29, 0.717) is 5.89 Å². The van der Waals surface area contributed by atoms with Crippen LogP contribution in [0.2, 0.25) is 0 Å². The molecular weight excluding hydrogens is 214 g/mol. The van der Waals surface area contributed by atoms with Gasteiger partial charge in [-0.1, -0.05) is 44.2 Å². The minimum absolute atomic E-state index is 0.367. The van der Waals surface area contributed by atoms with E-state index in [2.05, 4.69) is 17.1 Å². The van der Waals surface area contributed by atoms with Crippen molar-refractivity contribution in [3.63, 3.8) is 0 Å². The van der Waals surface area contributed by atoms with Crippen molar-refractivity contribution in [1.82, 2.24) is 10.1 Å². The number of aromatic nitrogens is 2. The van der Waals surface area contributed by atoms with Crippen molar-refractivity contribution >= 4 is 0 Å². The van der Waals surface area contributed by atoms with Gasteiger partial charge in [0.2, 0.25) is 5.89 Å². The summed E-state index contributed by atoms with van der Waals surface area (Å²) in [6.45, 7) is 2.16. The van der Waals surface area contributed by atoms with Crippen molar-refractivity contribution in [3.8, 4) is 0 Å². The molecule has 0 bridgehead atoms. The molecule has 1 aromatic heterocycles. The third kappa shape index (κ3) is 3.06. The fraction of sp³-hybridized carbons (Fsp3) is 0.846. The summed E-state index contributed by atoms with van der Waals surface area (Å²) >= 11 is 0. The van der Waals surface area contributed by atoms with E-state index in [1.54, 1.807) is 0 Å². The Morgan fingerprint density at radius 1 is 1.24 bits per heavy atom. The molecule has 1 aliphatic rings. The molecule has 0 aromatic carbocycles. The average Bonchev–Trinajstić information content (AvgIpc) is 2.70. The molecular formula is C13H23N3O. The largest absolute Gasteiger partial charge is 0.337 e. The molecule has 1 saturated carbocycles. The Balaban J connectivity index is 2.06. The van der Waals surface area contributed by atoms with Crippen molar-refractivity contribution in [2.24, 2.45) is 5.73 Å². The Morgan fingerprint density at radius 3 is 2.59 bits per heavy atom. The standard InChI is InChI=1S/C13H23N3O/c1-2-3-8-11-15-12(17-16-11)13(14)9-6-4-5-7-10-13/h2-10,14H2,1H3. The summed E-state index contributed by atoms with van der Waals surface area (Å²) in [4.78, 5) is 4.48. The van der Waals surface area contributed by atoms with E-state index >= 15 is 0 Å². The van der Waals surface area contributed by atoms with Crippen LogP contribution in [0.5, 0.6) is 0 Å². The van der Waals surface area contributed by atoms with Crippen LogP contribution in [-0.4, -0.2) is 10.1 Å². The van der Waals surface area contributed by atoms with Crippen molar-refractivity contribution in [2.75, 3.05) is 0 Å². The van der Waals surface area contributed by atoms with Crippen LogP contribution in [0.1, 0.15) is 70.0 Å². The Labute approximate surface area is 103 Å². The van der Waals surface area contributed by atoms with Gasteiger partial charge >= 0.3 is 0 Å². The molecule has 0 aliphatic heterocycles. The Morgan fingerprint density at radius 2 is 1.94 bits per heavy atom. The van der Waals surface area contributed by atoms with Crippen LogP contribution < -0.4 is 5.73 Å². The number of nitrogens with zero attached hydrogens (tertiary/aromatic N) is 2.